The van der Waals surface area contributed by atoms with Crippen LogP contribution in [0, 0.1) is 0 Å². The lowest BCUT2D eigenvalue weighted by atomic mass is 10.0. The molecule has 0 saturated carbocycles. The molecule has 0 radical (unpaired) electrons. The molecule has 1 aliphatic rings. The number of alkyl carbamates (subject to hydrolysis) is 1. The fourth-order valence-corrected chi connectivity index (χ4v) is 4.73. The predicted octanol–water partition coefficient (Wildman–Crippen LogP) is 3.12. The number of carbonyl (C=O) groups excluding carboxylic acids is 5. The molecule has 222 valence electrons. The number of amides is 5. The summed E-state index contributed by atoms with van der Waals surface area (Å²) in [6.07, 6.45) is 1.00. The van der Waals surface area contributed by atoms with Crippen molar-refractivity contribution in [1.29, 1.82) is 0 Å². The van der Waals surface area contributed by atoms with E-state index < -0.39 is 54.1 Å². The van der Waals surface area contributed by atoms with Crippen LogP contribution in [0.15, 0.2) is 60.8 Å². The molecule has 1 aromatic heterocycles. The van der Waals surface area contributed by atoms with Crippen LogP contribution in [0.2, 0.25) is 0 Å². The van der Waals surface area contributed by atoms with Gasteiger partial charge < -0.3 is 30.0 Å². The summed E-state index contributed by atoms with van der Waals surface area (Å²) in [6.45, 7) is 4.59. The topological polar surface area (TPSA) is 150 Å². The maximum Gasteiger partial charge on any atom is 0.408 e. The number of rotatable bonds is 9. The minimum Gasteiger partial charge on any atom is -0.468 e. The van der Waals surface area contributed by atoms with Gasteiger partial charge in [0.1, 0.15) is 18.2 Å². The molecule has 12 nitrogen and oxygen atoms in total. The van der Waals surface area contributed by atoms with E-state index in [1.165, 1.54) is 12.0 Å². The second kappa shape index (κ2) is 12.8. The highest BCUT2D eigenvalue weighted by Crippen LogP contribution is 2.24. The lowest BCUT2D eigenvalue weighted by Crippen LogP contribution is -2.61. The number of H-pyrrole nitrogens is 1. The number of hydrogen-bond acceptors (Lipinski definition) is 7. The molecule has 0 bridgehead atoms. The number of benzene rings is 2. The summed E-state index contributed by atoms with van der Waals surface area (Å²) >= 11 is 0. The van der Waals surface area contributed by atoms with E-state index in [-0.39, 0.29) is 19.4 Å². The van der Waals surface area contributed by atoms with Crippen LogP contribution in [0.25, 0.3) is 10.9 Å². The van der Waals surface area contributed by atoms with Crippen LogP contribution < -0.4 is 15.5 Å². The third-order valence-corrected chi connectivity index (χ3v) is 6.70. The Balaban J connectivity index is 1.53. The third kappa shape index (κ3) is 7.25. The van der Waals surface area contributed by atoms with Crippen LogP contribution >= 0.6 is 0 Å². The monoisotopic (exact) mass is 577 g/mol. The number of urea groups is 1. The Morgan fingerprint density at radius 3 is 2.43 bits per heavy atom. The highest BCUT2D eigenvalue weighted by molar-refractivity contribution is 6.16. The van der Waals surface area contributed by atoms with E-state index in [0.717, 1.165) is 21.4 Å². The first kappa shape index (κ1) is 30.1. The summed E-state index contributed by atoms with van der Waals surface area (Å²) in [5.74, 6) is -1.70. The highest BCUT2D eigenvalue weighted by atomic mass is 16.6. The summed E-state index contributed by atoms with van der Waals surface area (Å²) in [4.78, 5) is 70.2. The Hall–Kier alpha value is -4.87. The maximum absolute atomic E-state index is 13.5. The fraction of sp³-hybridized carbons (Fsp3) is 0.367. The molecule has 0 spiro atoms. The van der Waals surface area contributed by atoms with Crippen molar-refractivity contribution >= 4 is 46.5 Å². The molecular formula is C30H35N5O7. The first-order chi connectivity index (χ1) is 20.0. The predicted molar refractivity (Wildman–Crippen MR) is 155 cm³/mol. The van der Waals surface area contributed by atoms with E-state index in [9.17, 15) is 24.0 Å². The molecule has 1 saturated heterocycles. The van der Waals surface area contributed by atoms with Gasteiger partial charge >= 0.3 is 18.1 Å². The number of aromatic amines is 1. The average molecular weight is 578 g/mol. The van der Waals surface area contributed by atoms with Crippen molar-refractivity contribution in [2.45, 2.75) is 51.3 Å². The zero-order chi connectivity index (χ0) is 30.4. The summed E-state index contributed by atoms with van der Waals surface area (Å²) in [5, 5.41) is 6.31. The second-order valence-corrected chi connectivity index (χ2v) is 10.9. The van der Waals surface area contributed by atoms with Crippen molar-refractivity contribution in [1.82, 2.24) is 20.5 Å². The van der Waals surface area contributed by atoms with E-state index in [1.807, 2.05) is 24.3 Å². The normalized spacial score (nSPS) is 16.2. The maximum atomic E-state index is 13.5. The lowest BCUT2D eigenvalue weighted by Gasteiger charge is -2.39. The molecule has 1 aliphatic heterocycles. The van der Waals surface area contributed by atoms with Gasteiger partial charge in [-0.1, -0.05) is 36.4 Å². The van der Waals surface area contributed by atoms with Crippen LogP contribution in [0.3, 0.4) is 0 Å². The van der Waals surface area contributed by atoms with Crippen molar-refractivity contribution in [3.05, 3.63) is 66.4 Å². The number of nitrogens with zero attached hydrogens (tertiary/aromatic N) is 2. The molecule has 3 N–H and O–H groups in total. The van der Waals surface area contributed by atoms with Gasteiger partial charge in [-0.05, 0) is 44.5 Å². The van der Waals surface area contributed by atoms with E-state index in [2.05, 4.69) is 15.6 Å². The zero-order valence-electron chi connectivity index (χ0n) is 24.0. The van der Waals surface area contributed by atoms with Gasteiger partial charge in [-0.15, -0.1) is 0 Å². The van der Waals surface area contributed by atoms with Gasteiger partial charge in [0.05, 0.1) is 18.8 Å². The van der Waals surface area contributed by atoms with Crippen LogP contribution in [0.4, 0.5) is 15.3 Å². The van der Waals surface area contributed by atoms with Gasteiger partial charge in [0.2, 0.25) is 11.8 Å². The van der Waals surface area contributed by atoms with Crippen LogP contribution in [-0.4, -0.2) is 77.7 Å². The molecule has 0 unspecified atom stereocenters. The largest absolute Gasteiger partial charge is 0.468 e. The average Bonchev–Trinajstić information content (AvgIpc) is 3.35. The number of nitrogens with one attached hydrogen (secondary N) is 3. The van der Waals surface area contributed by atoms with Crippen LogP contribution in [0.5, 0.6) is 0 Å². The molecule has 1 fully saturated rings. The zero-order valence-corrected chi connectivity index (χ0v) is 24.0. The van der Waals surface area contributed by atoms with Crippen molar-refractivity contribution in [2.75, 3.05) is 25.1 Å². The Bertz CT molecular complexity index is 1460. The number of fused-ring (bicyclic) bond motifs is 1. The summed E-state index contributed by atoms with van der Waals surface area (Å²) < 4.78 is 10.2. The van der Waals surface area contributed by atoms with E-state index in [0.29, 0.717) is 5.69 Å². The number of methoxy groups -OCH3 is 1. The molecule has 5 amide bonds. The molecule has 2 aromatic carbocycles. The number of hydrogen-bond donors (Lipinski definition) is 3. The molecule has 12 heteroatoms. The van der Waals surface area contributed by atoms with Gasteiger partial charge in [-0.3, -0.25) is 14.4 Å². The quantitative estimate of drug-likeness (QED) is 0.331. The number of aromatic nitrogens is 1. The molecule has 4 rings (SSSR count). The Morgan fingerprint density at radius 2 is 1.74 bits per heavy atom. The smallest absolute Gasteiger partial charge is 0.408 e. The van der Waals surface area contributed by atoms with E-state index >= 15 is 0 Å². The summed E-state index contributed by atoms with van der Waals surface area (Å²) in [5.41, 5.74) is 1.26. The number of anilines is 1. The van der Waals surface area contributed by atoms with Gasteiger partial charge in [0.15, 0.2) is 0 Å². The van der Waals surface area contributed by atoms with Crippen molar-refractivity contribution in [2.24, 2.45) is 0 Å². The molecular weight excluding hydrogens is 542 g/mol. The number of esters is 1. The number of carbonyl (C=O) groups is 5. The molecule has 42 heavy (non-hydrogen) atoms. The van der Waals surface area contributed by atoms with Gasteiger partial charge in [0.25, 0.3) is 0 Å². The first-order valence-electron chi connectivity index (χ1n) is 13.5. The molecule has 2 heterocycles. The van der Waals surface area contributed by atoms with Crippen molar-refractivity contribution in [3.8, 4) is 0 Å². The Labute approximate surface area is 243 Å². The van der Waals surface area contributed by atoms with E-state index in [4.69, 9.17) is 9.47 Å². The summed E-state index contributed by atoms with van der Waals surface area (Å²) in [7, 11) is 1.20. The van der Waals surface area contributed by atoms with Gasteiger partial charge in [0, 0.05) is 36.5 Å². The van der Waals surface area contributed by atoms with Crippen LogP contribution in [-0.2, 0) is 30.3 Å². The van der Waals surface area contributed by atoms with Crippen molar-refractivity contribution in [3.63, 3.8) is 0 Å². The highest BCUT2D eigenvalue weighted by Gasteiger charge is 2.41. The Kier molecular flexibility index (Phi) is 9.14. The van der Waals surface area contributed by atoms with Crippen molar-refractivity contribution < 1.29 is 33.4 Å². The second-order valence-electron chi connectivity index (χ2n) is 10.9. The molecule has 3 aromatic rings. The fourth-order valence-electron chi connectivity index (χ4n) is 4.73. The number of ether oxygens (including phenoxy) is 2. The minimum atomic E-state index is -1.04. The molecule has 0 aliphatic carbocycles. The van der Waals surface area contributed by atoms with E-state index in [1.54, 1.807) is 57.3 Å². The van der Waals surface area contributed by atoms with Crippen LogP contribution in [0.1, 0.15) is 32.8 Å². The third-order valence-electron chi connectivity index (χ3n) is 6.70. The Morgan fingerprint density at radius 1 is 1.05 bits per heavy atom. The first-order valence-corrected chi connectivity index (χ1v) is 13.5. The number of para-hydroxylation sites is 2. The lowest BCUT2D eigenvalue weighted by molar-refractivity contribution is -0.142. The number of imide groups is 1. The summed E-state index contributed by atoms with van der Waals surface area (Å²) in [6, 6.07) is 13.4. The van der Waals surface area contributed by atoms with Gasteiger partial charge in [-0.2, -0.15) is 0 Å². The standard InChI is InChI=1S/C30H35N5O7/c1-30(2,3)42-28(39)33-24(14-19-16-31-23-13-9-8-12-22(19)23)27(38)32-17-21-15-25(36)35(20-10-6-5-7-11-20)29(40)34(21)18-26(37)41-4/h5-13,16,21,24,31H,14-15,17-18H2,1-4H3,(H,32,38)(H,33,39)/t21-,24-/m0/s1. The molecule has 2 atom stereocenters. The SMILES string of the molecule is COC(=O)CN1C(=O)N(c2ccccc2)C(=O)C[C@H]1CNC(=O)[C@H](Cc1c[nH]c2ccccc12)NC(=O)OC(C)(C)C. The van der Waals surface area contributed by atoms with Gasteiger partial charge in [-0.25, -0.2) is 14.5 Å². The minimum absolute atomic E-state index is 0.143.